The van der Waals surface area contributed by atoms with Gasteiger partial charge in [0.2, 0.25) is 9.05 Å². The van der Waals surface area contributed by atoms with Crippen LogP contribution in [0.15, 0.2) is 0 Å². The van der Waals surface area contributed by atoms with Gasteiger partial charge in [0, 0.05) is 10.7 Å². The van der Waals surface area contributed by atoms with E-state index in [1.165, 1.54) is 0 Å². The average Bonchev–Trinajstić information content (AvgIpc) is 2.00. The maximum atomic E-state index is 12.0. The SMILES string of the molecule is NCCCC(C(=O)C(F)(F)F)S(=O)(=O)Cl. The molecule has 0 saturated carbocycles. The number of carbonyl (C=O) groups is 1. The van der Waals surface area contributed by atoms with Gasteiger partial charge in [-0.3, -0.25) is 4.79 Å². The number of hydrogen-bond acceptors (Lipinski definition) is 4. The smallest absolute Gasteiger partial charge is 0.330 e. The summed E-state index contributed by atoms with van der Waals surface area (Å²) in [6.45, 7) is -0.0198. The lowest BCUT2D eigenvalue weighted by molar-refractivity contribution is -0.170. The zero-order valence-electron chi connectivity index (χ0n) is 7.42. The van der Waals surface area contributed by atoms with Crippen LogP contribution in [0.3, 0.4) is 0 Å². The standard InChI is InChI=1S/C6H9ClF3NO3S/c7-15(13,14)4(2-1-3-11)5(12)6(8,9)10/h4H,1-3,11H2. The van der Waals surface area contributed by atoms with Crippen molar-refractivity contribution in [1.82, 2.24) is 0 Å². The van der Waals surface area contributed by atoms with E-state index in [2.05, 4.69) is 0 Å². The molecule has 1 atom stereocenters. The van der Waals surface area contributed by atoms with Gasteiger partial charge in [-0.15, -0.1) is 0 Å². The number of nitrogens with two attached hydrogens (primary N) is 1. The first-order chi connectivity index (χ1) is 6.60. The molecular formula is C6H9ClF3NO3S. The van der Waals surface area contributed by atoms with E-state index < -0.39 is 32.7 Å². The van der Waals surface area contributed by atoms with Crippen molar-refractivity contribution in [2.75, 3.05) is 6.54 Å². The van der Waals surface area contributed by atoms with Gasteiger partial charge < -0.3 is 5.73 Å². The molecule has 0 amide bonds. The van der Waals surface area contributed by atoms with Gasteiger partial charge in [-0.1, -0.05) is 0 Å². The molecule has 9 heteroatoms. The van der Waals surface area contributed by atoms with E-state index in [9.17, 15) is 26.4 Å². The first-order valence-electron chi connectivity index (χ1n) is 3.85. The lowest BCUT2D eigenvalue weighted by atomic mass is 10.1. The van der Waals surface area contributed by atoms with Gasteiger partial charge >= 0.3 is 6.18 Å². The van der Waals surface area contributed by atoms with Crippen molar-refractivity contribution < 1.29 is 26.4 Å². The maximum absolute atomic E-state index is 12.0. The van der Waals surface area contributed by atoms with Crippen molar-refractivity contribution in [3.8, 4) is 0 Å². The third-order valence-electron chi connectivity index (χ3n) is 1.58. The van der Waals surface area contributed by atoms with Crippen molar-refractivity contribution in [3.63, 3.8) is 0 Å². The van der Waals surface area contributed by atoms with Gasteiger partial charge in [0.1, 0.15) is 5.25 Å². The molecule has 0 heterocycles. The van der Waals surface area contributed by atoms with Crippen LogP contribution in [0.25, 0.3) is 0 Å². The minimum Gasteiger partial charge on any atom is -0.330 e. The normalized spacial score (nSPS) is 15.0. The third-order valence-corrected chi connectivity index (χ3v) is 3.36. The summed E-state index contributed by atoms with van der Waals surface area (Å²) in [5.74, 6) is -2.36. The molecule has 0 spiro atoms. The zero-order valence-corrected chi connectivity index (χ0v) is 8.99. The highest BCUT2D eigenvalue weighted by molar-refractivity contribution is 8.14. The Labute approximate surface area is 89.0 Å². The van der Waals surface area contributed by atoms with Crippen LogP contribution in [0.1, 0.15) is 12.8 Å². The zero-order chi connectivity index (χ0) is 12.3. The number of carbonyl (C=O) groups excluding carboxylic acids is 1. The van der Waals surface area contributed by atoms with Crippen LogP contribution in [0.4, 0.5) is 13.2 Å². The average molecular weight is 268 g/mol. The number of hydrogen-bond donors (Lipinski definition) is 1. The Kier molecular flexibility index (Phi) is 5.01. The molecule has 0 saturated heterocycles. The van der Waals surface area contributed by atoms with E-state index in [0.29, 0.717) is 0 Å². The Balaban J connectivity index is 4.89. The van der Waals surface area contributed by atoms with E-state index in [1.54, 1.807) is 0 Å². The topological polar surface area (TPSA) is 77.2 Å². The van der Waals surface area contributed by atoms with Gasteiger partial charge in [0.25, 0.3) is 5.78 Å². The molecule has 0 aromatic rings. The summed E-state index contributed by atoms with van der Waals surface area (Å²) in [7, 11) is 0.174. The van der Waals surface area contributed by atoms with Crippen molar-refractivity contribution in [2.24, 2.45) is 5.73 Å². The molecule has 0 rings (SSSR count). The molecule has 4 nitrogen and oxygen atoms in total. The number of rotatable bonds is 5. The Morgan fingerprint density at radius 2 is 1.87 bits per heavy atom. The van der Waals surface area contributed by atoms with Gasteiger partial charge in [0.05, 0.1) is 0 Å². The number of ketones is 1. The van der Waals surface area contributed by atoms with E-state index in [1.807, 2.05) is 0 Å². The lowest BCUT2D eigenvalue weighted by Gasteiger charge is -2.13. The highest BCUT2D eigenvalue weighted by Crippen LogP contribution is 2.25. The summed E-state index contributed by atoms with van der Waals surface area (Å²) in [6, 6.07) is 0. The molecule has 0 aliphatic carbocycles. The maximum Gasteiger partial charge on any atom is 0.451 e. The van der Waals surface area contributed by atoms with Crippen molar-refractivity contribution in [3.05, 3.63) is 0 Å². The Morgan fingerprint density at radius 3 is 2.13 bits per heavy atom. The molecule has 0 aliphatic rings. The molecule has 0 aromatic heterocycles. The van der Waals surface area contributed by atoms with Crippen LogP contribution in [0.5, 0.6) is 0 Å². The summed E-state index contributed by atoms with van der Waals surface area (Å²) in [4.78, 5) is 10.7. The van der Waals surface area contributed by atoms with E-state index in [-0.39, 0.29) is 13.0 Å². The fourth-order valence-corrected chi connectivity index (χ4v) is 2.23. The summed E-state index contributed by atoms with van der Waals surface area (Å²) >= 11 is 0. The Morgan fingerprint density at radius 1 is 1.40 bits per heavy atom. The highest BCUT2D eigenvalue weighted by atomic mass is 35.7. The summed E-state index contributed by atoms with van der Waals surface area (Å²) < 4.78 is 57.3. The third kappa shape index (κ3) is 4.80. The van der Waals surface area contributed by atoms with Crippen molar-refractivity contribution in [2.45, 2.75) is 24.3 Å². The monoisotopic (exact) mass is 267 g/mol. The molecule has 0 radical (unpaired) electrons. The second-order valence-corrected chi connectivity index (χ2v) is 5.57. The minimum absolute atomic E-state index is 0.0198. The summed E-state index contributed by atoms with van der Waals surface area (Å²) in [5.41, 5.74) is 5.00. The minimum atomic E-state index is -5.21. The number of halogens is 4. The van der Waals surface area contributed by atoms with E-state index >= 15 is 0 Å². The van der Waals surface area contributed by atoms with Gasteiger partial charge in [-0.25, -0.2) is 8.42 Å². The van der Waals surface area contributed by atoms with E-state index in [4.69, 9.17) is 16.4 Å². The molecule has 90 valence electrons. The van der Waals surface area contributed by atoms with Crippen LogP contribution in [0.2, 0.25) is 0 Å². The van der Waals surface area contributed by atoms with Crippen LogP contribution in [0, 0.1) is 0 Å². The van der Waals surface area contributed by atoms with E-state index in [0.717, 1.165) is 0 Å². The molecule has 0 aromatic carbocycles. The lowest BCUT2D eigenvalue weighted by Crippen LogP contribution is -2.38. The quantitative estimate of drug-likeness (QED) is 0.747. The van der Waals surface area contributed by atoms with Gasteiger partial charge in [0.15, 0.2) is 0 Å². The van der Waals surface area contributed by atoms with Crippen LogP contribution in [-0.4, -0.2) is 32.2 Å². The van der Waals surface area contributed by atoms with Gasteiger partial charge in [-0.05, 0) is 19.4 Å². The van der Waals surface area contributed by atoms with Gasteiger partial charge in [-0.2, -0.15) is 13.2 Å². The highest BCUT2D eigenvalue weighted by Gasteiger charge is 2.47. The molecule has 0 bridgehead atoms. The van der Waals surface area contributed by atoms with Crippen molar-refractivity contribution >= 4 is 25.5 Å². The molecule has 0 aliphatic heterocycles. The summed E-state index contributed by atoms with van der Waals surface area (Å²) in [6.07, 6.45) is -5.76. The molecule has 0 fully saturated rings. The predicted octanol–water partition coefficient (Wildman–Crippen LogP) is 0.794. The van der Waals surface area contributed by atoms with Crippen molar-refractivity contribution in [1.29, 1.82) is 0 Å². The first kappa shape index (κ1) is 14.7. The Bertz CT molecular complexity index is 327. The Hall–Kier alpha value is -0.340. The predicted molar refractivity (Wildman–Crippen MR) is 47.9 cm³/mol. The summed E-state index contributed by atoms with van der Waals surface area (Å²) in [5, 5.41) is -2.26. The fraction of sp³-hybridized carbons (Fsp3) is 0.833. The molecular weight excluding hydrogens is 259 g/mol. The fourth-order valence-electron chi connectivity index (χ4n) is 0.886. The molecule has 2 N–H and O–H groups in total. The van der Waals surface area contributed by atoms with Crippen LogP contribution >= 0.6 is 10.7 Å². The second-order valence-electron chi connectivity index (χ2n) is 2.76. The van der Waals surface area contributed by atoms with Crippen LogP contribution < -0.4 is 5.73 Å². The molecule has 15 heavy (non-hydrogen) atoms. The van der Waals surface area contributed by atoms with Crippen LogP contribution in [-0.2, 0) is 13.8 Å². The number of Topliss-reactive ketones (excluding diaryl/α,β-unsaturated/α-hetero) is 1. The first-order valence-corrected chi connectivity index (χ1v) is 6.22. The second kappa shape index (κ2) is 5.13. The molecule has 1 unspecified atom stereocenters. The number of alkyl halides is 3. The largest absolute Gasteiger partial charge is 0.451 e.